The Morgan fingerprint density at radius 2 is 1.94 bits per heavy atom. The van der Waals surface area contributed by atoms with Crippen molar-refractivity contribution in [1.82, 2.24) is 9.80 Å². The van der Waals surface area contributed by atoms with E-state index in [1.165, 1.54) is 24.8 Å². The molecule has 5 rings (SSSR count). The molecule has 1 N–H and O–H groups in total. The van der Waals surface area contributed by atoms with Crippen LogP contribution in [-0.2, 0) is 20.8 Å². The molecule has 192 valence electrons. The normalized spacial score (nSPS) is 26.7. The van der Waals surface area contributed by atoms with E-state index < -0.39 is 6.29 Å². The number of nitrogens with zero attached hydrogens (tertiary/aromatic N) is 2. The van der Waals surface area contributed by atoms with E-state index in [0.29, 0.717) is 31.4 Å². The van der Waals surface area contributed by atoms with Crippen LogP contribution in [0.1, 0.15) is 44.6 Å². The van der Waals surface area contributed by atoms with Crippen LogP contribution in [0.3, 0.4) is 0 Å². The van der Waals surface area contributed by atoms with E-state index in [0.717, 1.165) is 44.0 Å². The monoisotopic (exact) mass is 486 g/mol. The Morgan fingerprint density at radius 1 is 1.14 bits per heavy atom. The van der Waals surface area contributed by atoms with Gasteiger partial charge in [0.2, 0.25) is 13.1 Å². The minimum Gasteiger partial charge on any atom is -0.459 e. The molecular weight excluding hydrogens is 448 g/mol. The number of carbonyl (C=O) groups excluding carboxylic acids is 1. The van der Waals surface area contributed by atoms with Crippen LogP contribution >= 0.6 is 0 Å². The maximum atomic E-state index is 13.5. The summed E-state index contributed by atoms with van der Waals surface area (Å²) in [5.74, 6) is 3.06. The number of rotatable bonds is 9. The lowest BCUT2D eigenvalue weighted by Crippen LogP contribution is -2.50. The molecule has 8 heteroatoms. The predicted octanol–water partition coefficient (Wildman–Crippen LogP) is 3.14. The second-order valence-corrected chi connectivity index (χ2v) is 10.0. The highest BCUT2D eigenvalue weighted by Gasteiger charge is 2.42. The Morgan fingerprint density at radius 3 is 2.66 bits per heavy atom. The number of ether oxygens (including phenoxy) is 4. The Labute approximate surface area is 207 Å². The van der Waals surface area contributed by atoms with E-state index in [2.05, 4.69) is 17.0 Å². The maximum Gasteiger partial charge on any atom is 0.288 e. The molecule has 0 unspecified atom stereocenters. The smallest absolute Gasteiger partial charge is 0.288 e. The van der Waals surface area contributed by atoms with Crippen LogP contribution in [0, 0.1) is 17.8 Å². The van der Waals surface area contributed by atoms with Crippen molar-refractivity contribution in [3.05, 3.63) is 35.6 Å². The van der Waals surface area contributed by atoms with Crippen LogP contribution in [0.25, 0.3) is 0 Å². The van der Waals surface area contributed by atoms with Crippen LogP contribution < -0.4 is 9.47 Å². The fourth-order valence-electron chi connectivity index (χ4n) is 5.70. The zero-order valence-electron chi connectivity index (χ0n) is 20.7. The number of hydrogen-bond acceptors (Lipinski definition) is 7. The van der Waals surface area contributed by atoms with E-state index in [4.69, 9.17) is 18.9 Å². The summed E-state index contributed by atoms with van der Waals surface area (Å²) < 4.78 is 23.1. The van der Waals surface area contributed by atoms with Gasteiger partial charge in [-0.25, -0.2) is 0 Å². The summed E-state index contributed by atoms with van der Waals surface area (Å²) in [6.07, 6.45) is 6.86. The molecule has 8 nitrogen and oxygen atoms in total. The summed E-state index contributed by atoms with van der Waals surface area (Å²) in [5.41, 5.74) is 1.18. The molecule has 0 bridgehead atoms. The fourth-order valence-corrected chi connectivity index (χ4v) is 5.70. The first-order valence-corrected chi connectivity index (χ1v) is 13.2. The summed E-state index contributed by atoms with van der Waals surface area (Å²) in [6, 6.07) is 6.08. The number of hydrogen-bond donors (Lipinski definition) is 1. The number of fused-ring (bicyclic) bond motifs is 1. The number of aliphatic hydroxyl groups is 1. The largest absolute Gasteiger partial charge is 0.459 e. The van der Waals surface area contributed by atoms with Crippen molar-refractivity contribution in [2.75, 3.05) is 46.2 Å². The Kier molecular flexibility index (Phi) is 7.80. The van der Waals surface area contributed by atoms with Crippen LogP contribution in [0.4, 0.5) is 0 Å². The predicted molar refractivity (Wildman–Crippen MR) is 130 cm³/mol. The van der Waals surface area contributed by atoms with Gasteiger partial charge in [0.25, 0.3) is 5.91 Å². The van der Waals surface area contributed by atoms with Crippen molar-refractivity contribution >= 4 is 5.91 Å². The molecule has 0 spiro atoms. The highest BCUT2D eigenvalue weighted by molar-refractivity contribution is 5.91. The average molecular weight is 487 g/mol. The van der Waals surface area contributed by atoms with Gasteiger partial charge < -0.3 is 29.0 Å². The van der Waals surface area contributed by atoms with E-state index in [1.807, 2.05) is 24.0 Å². The quantitative estimate of drug-likeness (QED) is 0.574. The molecule has 0 aromatic heterocycles. The fraction of sp³-hybridized carbons (Fsp3) is 0.667. The van der Waals surface area contributed by atoms with Crippen molar-refractivity contribution < 1.29 is 28.8 Å². The molecule has 0 radical (unpaired) electrons. The highest BCUT2D eigenvalue weighted by atomic mass is 16.7. The molecule has 2 fully saturated rings. The molecule has 1 aliphatic carbocycles. The molecule has 3 atom stereocenters. The van der Waals surface area contributed by atoms with Gasteiger partial charge in [-0.2, -0.15) is 0 Å². The zero-order valence-corrected chi connectivity index (χ0v) is 20.7. The number of allylic oxidation sites excluding steroid dienone is 1. The molecule has 4 aliphatic rings. The molecular formula is C27H38N2O6. The van der Waals surface area contributed by atoms with Gasteiger partial charge in [0, 0.05) is 51.9 Å². The van der Waals surface area contributed by atoms with Gasteiger partial charge in [-0.15, -0.1) is 0 Å². The lowest BCUT2D eigenvalue weighted by molar-refractivity contribution is -0.181. The lowest BCUT2D eigenvalue weighted by atomic mass is 9.68. The average Bonchev–Trinajstić information content (AvgIpc) is 3.30. The van der Waals surface area contributed by atoms with E-state index in [9.17, 15) is 9.90 Å². The second-order valence-electron chi connectivity index (χ2n) is 10.0. The number of carbonyl (C=O) groups is 1. The molecule has 35 heavy (non-hydrogen) atoms. The highest BCUT2D eigenvalue weighted by Crippen LogP contribution is 2.45. The van der Waals surface area contributed by atoms with Crippen molar-refractivity contribution in [2.24, 2.45) is 17.8 Å². The van der Waals surface area contributed by atoms with Crippen molar-refractivity contribution in [3.8, 4) is 11.5 Å². The van der Waals surface area contributed by atoms with Crippen LogP contribution in [0.15, 0.2) is 30.0 Å². The van der Waals surface area contributed by atoms with Crippen LogP contribution in [0.5, 0.6) is 11.5 Å². The van der Waals surface area contributed by atoms with E-state index in [-0.39, 0.29) is 31.1 Å². The number of benzene rings is 1. The number of piperazine rings is 1. The van der Waals surface area contributed by atoms with Crippen molar-refractivity contribution in [2.45, 2.75) is 51.9 Å². The Hall–Kier alpha value is -2.29. The summed E-state index contributed by atoms with van der Waals surface area (Å²) in [4.78, 5) is 17.8. The van der Waals surface area contributed by atoms with E-state index in [1.54, 1.807) is 0 Å². The summed E-state index contributed by atoms with van der Waals surface area (Å²) in [5, 5.41) is 9.40. The molecule has 1 saturated heterocycles. The van der Waals surface area contributed by atoms with Gasteiger partial charge in [-0.05, 0) is 68.2 Å². The third-order valence-corrected chi connectivity index (χ3v) is 7.87. The molecule has 3 heterocycles. The standard InChI is InChI=1S/C27H38N2O6/c1-2-32-27-21(7-4-14-30)22(20-5-3-6-20)16-25(35-27)26(31)29-12-10-28(11-13-29)17-19-8-9-23-24(15-19)34-18-33-23/h8-9,15-16,20-22,27,30H,2-7,10-14,17-18H2,1H3/t21-,22-,27-/m1/s1. The summed E-state index contributed by atoms with van der Waals surface area (Å²) in [6.45, 7) is 6.74. The van der Waals surface area contributed by atoms with Crippen molar-refractivity contribution in [3.63, 3.8) is 0 Å². The minimum absolute atomic E-state index is 0.0256. The third-order valence-electron chi connectivity index (χ3n) is 7.87. The topological polar surface area (TPSA) is 80.7 Å². The second kappa shape index (κ2) is 11.2. The van der Waals surface area contributed by atoms with Crippen LogP contribution in [0.2, 0.25) is 0 Å². The van der Waals surface area contributed by atoms with Gasteiger partial charge in [0.1, 0.15) is 0 Å². The molecule has 3 aliphatic heterocycles. The van der Waals surface area contributed by atoms with Crippen molar-refractivity contribution in [1.29, 1.82) is 0 Å². The summed E-state index contributed by atoms with van der Waals surface area (Å²) >= 11 is 0. The Bertz CT molecular complexity index is 909. The van der Waals surface area contributed by atoms with Gasteiger partial charge in [0.15, 0.2) is 17.3 Å². The van der Waals surface area contributed by atoms with E-state index >= 15 is 0 Å². The Balaban J connectivity index is 1.21. The first-order valence-electron chi connectivity index (χ1n) is 13.2. The zero-order chi connectivity index (χ0) is 24.2. The molecule has 1 saturated carbocycles. The SMILES string of the molecule is CCO[C@@H]1OC(C(=O)N2CCN(Cc3ccc4c(c3)OCO4)CC2)=C[C@H](C2CCC2)[C@H]1CCCO. The summed E-state index contributed by atoms with van der Waals surface area (Å²) in [7, 11) is 0. The van der Waals surface area contributed by atoms with Crippen LogP contribution in [-0.4, -0.2) is 73.3 Å². The third kappa shape index (κ3) is 5.44. The van der Waals surface area contributed by atoms with Gasteiger partial charge >= 0.3 is 0 Å². The first-order chi connectivity index (χ1) is 17.2. The number of aliphatic hydroxyl groups excluding tert-OH is 1. The lowest BCUT2D eigenvalue weighted by Gasteiger charge is -2.44. The van der Waals surface area contributed by atoms with Gasteiger partial charge in [-0.3, -0.25) is 9.69 Å². The molecule has 1 aromatic carbocycles. The first kappa shape index (κ1) is 24.4. The van der Waals surface area contributed by atoms with Gasteiger partial charge in [-0.1, -0.05) is 12.5 Å². The minimum atomic E-state index is -0.423. The van der Waals surface area contributed by atoms with Gasteiger partial charge in [0.05, 0.1) is 0 Å². The molecule has 1 aromatic rings. The maximum absolute atomic E-state index is 13.5. The number of amides is 1. The molecule has 1 amide bonds.